The van der Waals surface area contributed by atoms with Crippen LogP contribution in [0.25, 0.3) is 0 Å². The molecule has 22 heavy (non-hydrogen) atoms. The third-order valence-corrected chi connectivity index (χ3v) is 3.65. The van der Waals surface area contributed by atoms with Crippen molar-refractivity contribution in [1.29, 1.82) is 0 Å². The normalized spacial score (nSPS) is 10.1. The first-order chi connectivity index (χ1) is 10.6. The molecule has 2 aromatic carbocycles. The van der Waals surface area contributed by atoms with Crippen LogP contribution >= 0.6 is 15.9 Å². The zero-order valence-corrected chi connectivity index (χ0v) is 14.1. The number of methoxy groups -OCH3 is 2. The van der Waals surface area contributed by atoms with Gasteiger partial charge in [0.1, 0.15) is 11.5 Å². The van der Waals surface area contributed by atoms with Gasteiger partial charge in [0.15, 0.2) is 0 Å². The number of hydrogen-bond acceptors (Lipinski definition) is 3. The van der Waals surface area contributed by atoms with E-state index in [-0.39, 0.29) is 5.91 Å². The summed E-state index contributed by atoms with van der Waals surface area (Å²) in [6.07, 6.45) is 1.01. The molecule has 0 aliphatic heterocycles. The van der Waals surface area contributed by atoms with Crippen molar-refractivity contribution in [2.75, 3.05) is 19.5 Å². The Kier molecular flexibility index (Phi) is 5.83. The van der Waals surface area contributed by atoms with Crippen molar-refractivity contribution in [3.05, 3.63) is 52.5 Å². The molecule has 2 aromatic rings. The van der Waals surface area contributed by atoms with E-state index in [2.05, 4.69) is 21.2 Å². The first-order valence-electron chi connectivity index (χ1n) is 6.88. The fraction of sp³-hybridized carbons (Fsp3) is 0.235. The average Bonchev–Trinajstić information content (AvgIpc) is 2.52. The van der Waals surface area contributed by atoms with Crippen LogP contribution in [0.5, 0.6) is 11.5 Å². The number of hydrogen-bond donors (Lipinski definition) is 1. The fourth-order valence-corrected chi connectivity index (χ4v) is 2.46. The number of anilines is 1. The largest absolute Gasteiger partial charge is 0.497 e. The van der Waals surface area contributed by atoms with Crippen LogP contribution in [0.1, 0.15) is 12.0 Å². The monoisotopic (exact) mass is 363 g/mol. The molecule has 0 saturated heterocycles. The smallest absolute Gasteiger partial charge is 0.224 e. The van der Waals surface area contributed by atoms with Crippen LogP contribution in [0.2, 0.25) is 0 Å². The Morgan fingerprint density at radius 2 is 1.77 bits per heavy atom. The molecule has 0 unspecified atom stereocenters. The highest BCUT2D eigenvalue weighted by atomic mass is 79.9. The van der Waals surface area contributed by atoms with E-state index in [0.29, 0.717) is 12.8 Å². The summed E-state index contributed by atoms with van der Waals surface area (Å²) >= 11 is 3.38. The Morgan fingerprint density at radius 3 is 2.36 bits per heavy atom. The van der Waals surface area contributed by atoms with Gasteiger partial charge in [-0.05, 0) is 42.3 Å². The third kappa shape index (κ3) is 4.77. The van der Waals surface area contributed by atoms with Gasteiger partial charge in [0.05, 0.1) is 14.2 Å². The van der Waals surface area contributed by atoms with Gasteiger partial charge in [-0.2, -0.15) is 0 Å². The van der Waals surface area contributed by atoms with Crippen molar-refractivity contribution < 1.29 is 14.3 Å². The Hall–Kier alpha value is -2.01. The number of benzene rings is 2. The van der Waals surface area contributed by atoms with Crippen molar-refractivity contribution in [2.24, 2.45) is 0 Å². The molecule has 0 bridgehead atoms. The van der Waals surface area contributed by atoms with Gasteiger partial charge >= 0.3 is 0 Å². The van der Waals surface area contributed by atoms with Gasteiger partial charge < -0.3 is 14.8 Å². The number of rotatable bonds is 6. The quantitative estimate of drug-likeness (QED) is 0.842. The molecule has 0 aliphatic carbocycles. The van der Waals surface area contributed by atoms with Gasteiger partial charge in [-0.25, -0.2) is 0 Å². The van der Waals surface area contributed by atoms with E-state index in [1.807, 2.05) is 42.5 Å². The molecule has 0 aliphatic rings. The summed E-state index contributed by atoms with van der Waals surface area (Å²) in [5.41, 5.74) is 1.78. The van der Waals surface area contributed by atoms with Gasteiger partial charge in [0, 0.05) is 22.6 Å². The van der Waals surface area contributed by atoms with Crippen LogP contribution in [0.4, 0.5) is 5.69 Å². The second-order valence-electron chi connectivity index (χ2n) is 4.78. The highest BCUT2D eigenvalue weighted by molar-refractivity contribution is 9.10. The molecule has 0 aromatic heterocycles. The topological polar surface area (TPSA) is 47.6 Å². The molecule has 1 amide bonds. The number of carbonyl (C=O) groups is 1. The number of nitrogens with one attached hydrogen (secondary N) is 1. The Labute approximate surface area is 138 Å². The van der Waals surface area contributed by atoms with Crippen molar-refractivity contribution in [3.63, 3.8) is 0 Å². The lowest BCUT2D eigenvalue weighted by atomic mass is 10.1. The molecule has 0 atom stereocenters. The van der Waals surface area contributed by atoms with Gasteiger partial charge in [-0.15, -0.1) is 0 Å². The van der Waals surface area contributed by atoms with Crippen LogP contribution in [0.3, 0.4) is 0 Å². The highest BCUT2D eigenvalue weighted by Gasteiger charge is 2.06. The van der Waals surface area contributed by atoms with Gasteiger partial charge in [0.2, 0.25) is 5.91 Å². The Bertz CT molecular complexity index is 636. The molecule has 0 saturated carbocycles. The molecule has 0 radical (unpaired) electrons. The molecular formula is C17H18BrNO3. The van der Waals surface area contributed by atoms with Crippen LogP contribution in [-0.2, 0) is 11.2 Å². The summed E-state index contributed by atoms with van der Waals surface area (Å²) < 4.78 is 11.4. The number of ether oxygens (including phenoxy) is 2. The predicted octanol–water partition coefficient (Wildman–Crippen LogP) is 4.04. The van der Waals surface area contributed by atoms with Gasteiger partial charge in [-0.1, -0.05) is 22.0 Å². The fourth-order valence-electron chi connectivity index (χ4n) is 2.06. The number of carbonyl (C=O) groups excluding carboxylic acids is 1. The summed E-state index contributed by atoms with van der Waals surface area (Å²) in [4.78, 5) is 12.0. The first-order valence-corrected chi connectivity index (χ1v) is 7.67. The van der Waals surface area contributed by atoms with E-state index >= 15 is 0 Å². The van der Waals surface area contributed by atoms with E-state index in [0.717, 1.165) is 27.2 Å². The second-order valence-corrected chi connectivity index (χ2v) is 5.70. The molecule has 2 rings (SSSR count). The van der Waals surface area contributed by atoms with Crippen molar-refractivity contribution in [3.8, 4) is 11.5 Å². The number of aryl methyl sites for hydroxylation is 1. The number of amides is 1. The van der Waals surface area contributed by atoms with E-state index in [1.54, 1.807) is 14.2 Å². The van der Waals surface area contributed by atoms with Crippen LogP contribution in [-0.4, -0.2) is 20.1 Å². The lowest BCUT2D eigenvalue weighted by molar-refractivity contribution is -0.116. The van der Waals surface area contributed by atoms with E-state index in [9.17, 15) is 4.79 Å². The molecular weight excluding hydrogens is 346 g/mol. The van der Waals surface area contributed by atoms with E-state index in [1.165, 1.54) is 0 Å². The Morgan fingerprint density at radius 1 is 1.09 bits per heavy atom. The third-order valence-electron chi connectivity index (χ3n) is 3.16. The van der Waals surface area contributed by atoms with Gasteiger partial charge in [0.25, 0.3) is 0 Å². The van der Waals surface area contributed by atoms with Crippen molar-refractivity contribution >= 4 is 27.5 Å². The second kappa shape index (κ2) is 7.84. The molecule has 116 valence electrons. The average molecular weight is 364 g/mol. The Balaban J connectivity index is 1.96. The van der Waals surface area contributed by atoms with E-state index < -0.39 is 0 Å². The van der Waals surface area contributed by atoms with Crippen molar-refractivity contribution in [1.82, 2.24) is 0 Å². The summed E-state index contributed by atoms with van der Waals surface area (Å²) in [5.74, 6) is 1.42. The lowest BCUT2D eigenvalue weighted by Gasteiger charge is -2.09. The molecule has 0 spiro atoms. The maximum Gasteiger partial charge on any atom is 0.224 e. The minimum absolute atomic E-state index is 0.0279. The summed E-state index contributed by atoms with van der Waals surface area (Å²) in [7, 11) is 3.22. The predicted molar refractivity (Wildman–Crippen MR) is 90.6 cm³/mol. The van der Waals surface area contributed by atoms with E-state index in [4.69, 9.17) is 9.47 Å². The molecule has 0 fully saturated rings. The lowest BCUT2D eigenvalue weighted by Crippen LogP contribution is -2.12. The molecule has 1 N–H and O–H groups in total. The molecule has 4 nitrogen and oxygen atoms in total. The first kappa shape index (κ1) is 16.4. The zero-order chi connectivity index (χ0) is 15.9. The van der Waals surface area contributed by atoms with Crippen LogP contribution in [0.15, 0.2) is 46.9 Å². The maximum atomic E-state index is 12.0. The van der Waals surface area contributed by atoms with Crippen LogP contribution in [0, 0.1) is 0 Å². The minimum atomic E-state index is -0.0279. The molecule has 5 heteroatoms. The number of halogens is 1. The highest BCUT2D eigenvalue weighted by Crippen LogP contribution is 2.23. The summed E-state index contributed by atoms with van der Waals surface area (Å²) in [5, 5.41) is 2.88. The zero-order valence-electron chi connectivity index (χ0n) is 12.6. The summed E-state index contributed by atoms with van der Waals surface area (Å²) in [6, 6.07) is 13.2. The molecule has 0 heterocycles. The van der Waals surface area contributed by atoms with Gasteiger partial charge in [-0.3, -0.25) is 4.79 Å². The van der Waals surface area contributed by atoms with Crippen LogP contribution < -0.4 is 14.8 Å². The standard InChI is InChI=1S/C17H18BrNO3/c1-21-15-8-12(9-16(11-15)22-2)6-7-17(20)19-14-5-3-4-13(18)10-14/h3-5,8-11H,6-7H2,1-2H3,(H,19,20). The summed E-state index contributed by atoms with van der Waals surface area (Å²) in [6.45, 7) is 0. The maximum absolute atomic E-state index is 12.0. The van der Waals surface area contributed by atoms with Crippen molar-refractivity contribution in [2.45, 2.75) is 12.8 Å². The SMILES string of the molecule is COc1cc(CCC(=O)Nc2cccc(Br)c2)cc(OC)c1. The minimum Gasteiger partial charge on any atom is -0.497 e.